The maximum atomic E-state index is 9.96. The van der Waals surface area contributed by atoms with Gasteiger partial charge in [-0.15, -0.1) is 0 Å². The van der Waals surface area contributed by atoms with Gasteiger partial charge >= 0.3 is 0 Å². The minimum atomic E-state index is 0.267. The molecule has 102 valence electrons. The lowest BCUT2D eigenvalue weighted by Crippen LogP contribution is -2.34. The summed E-state index contributed by atoms with van der Waals surface area (Å²) in [5.74, 6) is 0.408. The molecule has 0 fully saturated rings. The first-order valence-electron chi connectivity index (χ1n) is 7.11. The summed E-state index contributed by atoms with van der Waals surface area (Å²) in [6.07, 6.45) is 3.75. The van der Waals surface area contributed by atoms with Gasteiger partial charge in [-0.05, 0) is 39.8 Å². The third-order valence-corrected chi connectivity index (χ3v) is 3.57. The summed E-state index contributed by atoms with van der Waals surface area (Å²) in [5.41, 5.74) is 1.03. The van der Waals surface area contributed by atoms with Crippen LogP contribution in [0.25, 0.3) is 0 Å². The van der Waals surface area contributed by atoms with Crippen molar-refractivity contribution in [3.05, 3.63) is 29.8 Å². The van der Waals surface area contributed by atoms with Gasteiger partial charge in [0.25, 0.3) is 0 Å². The summed E-state index contributed by atoms with van der Waals surface area (Å²) in [6, 6.07) is 8.43. The van der Waals surface area contributed by atoms with Crippen LogP contribution in [-0.4, -0.2) is 22.6 Å². The first kappa shape index (κ1) is 15.0. The van der Waals surface area contributed by atoms with Crippen LogP contribution >= 0.6 is 0 Å². The highest BCUT2D eigenvalue weighted by molar-refractivity contribution is 5.34. The molecule has 2 heteroatoms. The summed E-state index contributed by atoms with van der Waals surface area (Å²) in [4.78, 5) is 2.46. The van der Waals surface area contributed by atoms with E-state index in [9.17, 15) is 5.11 Å². The van der Waals surface area contributed by atoms with Gasteiger partial charge in [-0.25, -0.2) is 0 Å². The highest BCUT2D eigenvalue weighted by atomic mass is 16.3. The Morgan fingerprint density at radius 3 is 2.33 bits per heavy atom. The first-order valence-corrected chi connectivity index (χ1v) is 7.11. The molecule has 0 spiro atoms. The lowest BCUT2D eigenvalue weighted by molar-refractivity contribution is 0.159. The normalized spacial score (nSPS) is 13.2. The second kappa shape index (κ2) is 7.42. The predicted octanol–water partition coefficient (Wildman–Crippen LogP) is 4.35. The fourth-order valence-electron chi connectivity index (χ4n) is 2.46. The number of nitrogens with zero attached hydrogens (tertiary/aromatic N) is 1. The Labute approximate surface area is 112 Å². The van der Waals surface area contributed by atoms with Crippen LogP contribution in [0.2, 0.25) is 0 Å². The highest BCUT2D eigenvalue weighted by Crippen LogP contribution is 2.29. The van der Waals surface area contributed by atoms with Crippen molar-refractivity contribution >= 4 is 0 Å². The number of phenols is 1. The zero-order chi connectivity index (χ0) is 13.5. The molecule has 1 atom stereocenters. The van der Waals surface area contributed by atoms with Gasteiger partial charge in [-0.2, -0.15) is 0 Å². The molecular weight excluding hydrogens is 222 g/mol. The van der Waals surface area contributed by atoms with Gasteiger partial charge in [0.2, 0.25) is 0 Å². The van der Waals surface area contributed by atoms with Gasteiger partial charge in [0.05, 0.1) is 0 Å². The van der Waals surface area contributed by atoms with Crippen molar-refractivity contribution in [3.8, 4) is 5.75 Å². The van der Waals surface area contributed by atoms with Crippen LogP contribution < -0.4 is 0 Å². The smallest absolute Gasteiger partial charge is 0.120 e. The third-order valence-electron chi connectivity index (χ3n) is 3.57. The van der Waals surface area contributed by atoms with Crippen molar-refractivity contribution in [1.82, 2.24) is 4.90 Å². The minimum Gasteiger partial charge on any atom is -0.508 e. The number of para-hydroxylation sites is 1. The molecule has 1 aromatic carbocycles. The SMILES string of the molecule is CCCCCN(C(C)C)C(C)c1ccccc1O. The van der Waals surface area contributed by atoms with E-state index in [4.69, 9.17) is 0 Å². The zero-order valence-electron chi connectivity index (χ0n) is 12.2. The van der Waals surface area contributed by atoms with E-state index in [-0.39, 0.29) is 6.04 Å². The summed E-state index contributed by atoms with van der Waals surface area (Å²) in [5, 5.41) is 9.96. The number of hydrogen-bond acceptors (Lipinski definition) is 2. The minimum absolute atomic E-state index is 0.267. The second-order valence-corrected chi connectivity index (χ2v) is 5.27. The number of aromatic hydroxyl groups is 1. The fraction of sp³-hybridized carbons (Fsp3) is 0.625. The molecule has 0 aliphatic rings. The van der Waals surface area contributed by atoms with Crippen LogP contribution in [-0.2, 0) is 0 Å². The third kappa shape index (κ3) is 4.02. The van der Waals surface area contributed by atoms with Crippen molar-refractivity contribution in [1.29, 1.82) is 0 Å². The number of rotatable bonds is 7. The Balaban J connectivity index is 2.76. The van der Waals surface area contributed by atoms with Crippen LogP contribution in [0.4, 0.5) is 0 Å². The Morgan fingerprint density at radius 1 is 1.11 bits per heavy atom. The predicted molar refractivity (Wildman–Crippen MR) is 77.9 cm³/mol. The topological polar surface area (TPSA) is 23.5 Å². The molecule has 0 bridgehead atoms. The molecule has 0 aliphatic heterocycles. The monoisotopic (exact) mass is 249 g/mol. The van der Waals surface area contributed by atoms with Gasteiger partial charge in [-0.3, -0.25) is 4.90 Å². The summed E-state index contributed by atoms with van der Waals surface area (Å²) >= 11 is 0. The van der Waals surface area contributed by atoms with Crippen LogP contribution in [0, 0.1) is 0 Å². The van der Waals surface area contributed by atoms with Crippen molar-refractivity contribution < 1.29 is 5.11 Å². The van der Waals surface area contributed by atoms with Gasteiger partial charge in [0.15, 0.2) is 0 Å². The molecule has 0 aromatic heterocycles. The van der Waals surface area contributed by atoms with Gasteiger partial charge in [0, 0.05) is 17.6 Å². The molecule has 0 aliphatic carbocycles. The molecule has 0 saturated carbocycles. The molecule has 0 amide bonds. The Bertz CT molecular complexity index is 349. The van der Waals surface area contributed by atoms with Crippen molar-refractivity contribution in [2.45, 2.75) is 59.0 Å². The van der Waals surface area contributed by atoms with Gasteiger partial charge < -0.3 is 5.11 Å². The lowest BCUT2D eigenvalue weighted by Gasteiger charge is -2.33. The molecule has 1 N–H and O–H groups in total. The van der Waals surface area contributed by atoms with E-state index >= 15 is 0 Å². The first-order chi connectivity index (χ1) is 8.57. The number of hydrogen-bond donors (Lipinski definition) is 1. The quantitative estimate of drug-likeness (QED) is 0.726. The van der Waals surface area contributed by atoms with Gasteiger partial charge in [0.1, 0.15) is 5.75 Å². The molecular formula is C16H27NO. The lowest BCUT2D eigenvalue weighted by atomic mass is 10.0. The summed E-state index contributed by atoms with van der Waals surface area (Å²) in [6.45, 7) is 9.96. The van der Waals surface area contributed by atoms with Crippen molar-refractivity contribution in [2.24, 2.45) is 0 Å². The van der Waals surface area contributed by atoms with Crippen LogP contribution in [0.1, 0.15) is 58.6 Å². The molecule has 1 unspecified atom stereocenters. The fourth-order valence-corrected chi connectivity index (χ4v) is 2.46. The van der Waals surface area contributed by atoms with E-state index in [1.165, 1.54) is 19.3 Å². The largest absolute Gasteiger partial charge is 0.508 e. The van der Waals surface area contributed by atoms with E-state index in [1.807, 2.05) is 18.2 Å². The number of unbranched alkanes of at least 4 members (excludes halogenated alkanes) is 2. The molecule has 1 rings (SSSR count). The Hall–Kier alpha value is -1.02. The average Bonchev–Trinajstić information content (AvgIpc) is 2.34. The van der Waals surface area contributed by atoms with Gasteiger partial charge in [-0.1, -0.05) is 38.0 Å². The second-order valence-electron chi connectivity index (χ2n) is 5.27. The highest BCUT2D eigenvalue weighted by Gasteiger charge is 2.20. The van der Waals surface area contributed by atoms with E-state index in [0.717, 1.165) is 12.1 Å². The summed E-state index contributed by atoms with van der Waals surface area (Å²) < 4.78 is 0. The number of phenolic OH excluding ortho intramolecular Hbond substituents is 1. The zero-order valence-corrected chi connectivity index (χ0v) is 12.2. The molecule has 0 radical (unpaired) electrons. The van der Waals surface area contributed by atoms with Crippen LogP contribution in [0.15, 0.2) is 24.3 Å². The molecule has 0 saturated heterocycles. The standard InChI is InChI=1S/C16H27NO/c1-5-6-9-12-17(13(2)3)14(4)15-10-7-8-11-16(15)18/h7-8,10-11,13-14,18H,5-6,9,12H2,1-4H3. The van der Waals surface area contributed by atoms with Crippen molar-refractivity contribution in [2.75, 3.05) is 6.54 Å². The average molecular weight is 249 g/mol. The maximum absolute atomic E-state index is 9.96. The molecule has 1 aromatic rings. The molecule has 0 heterocycles. The van der Waals surface area contributed by atoms with E-state index in [2.05, 4.69) is 32.6 Å². The van der Waals surface area contributed by atoms with Crippen LogP contribution in [0.5, 0.6) is 5.75 Å². The summed E-state index contributed by atoms with van der Waals surface area (Å²) in [7, 11) is 0. The van der Waals surface area contributed by atoms with E-state index < -0.39 is 0 Å². The number of benzene rings is 1. The van der Waals surface area contributed by atoms with Crippen LogP contribution in [0.3, 0.4) is 0 Å². The van der Waals surface area contributed by atoms with E-state index in [1.54, 1.807) is 6.07 Å². The molecule has 18 heavy (non-hydrogen) atoms. The Kier molecular flexibility index (Phi) is 6.20. The Morgan fingerprint density at radius 2 is 1.78 bits per heavy atom. The maximum Gasteiger partial charge on any atom is 0.120 e. The van der Waals surface area contributed by atoms with Crippen molar-refractivity contribution in [3.63, 3.8) is 0 Å². The van der Waals surface area contributed by atoms with E-state index in [0.29, 0.717) is 11.8 Å². The molecule has 2 nitrogen and oxygen atoms in total.